The van der Waals surface area contributed by atoms with E-state index in [-0.39, 0.29) is 0 Å². The van der Waals surface area contributed by atoms with Gasteiger partial charge in [0.05, 0.1) is 6.08 Å². The van der Waals surface area contributed by atoms with E-state index in [4.69, 9.17) is 11.0 Å². The van der Waals surface area contributed by atoms with Crippen LogP contribution in [0, 0.1) is 12.5 Å². The van der Waals surface area contributed by atoms with Gasteiger partial charge in [-0.25, -0.2) is 6.08 Å². The van der Waals surface area contributed by atoms with Crippen LogP contribution in [0.25, 0.3) is 0 Å². The zero-order valence-corrected chi connectivity index (χ0v) is 13.1. The summed E-state index contributed by atoms with van der Waals surface area (Å²) >= 11 is 1.87. The maximum atomic E-state index is 5.61. The van der Waals surface area contributed by atoms with Crippen molar-refractivity contribution in [1.29, 1.82) is 0 Å². The first-order valence-electron chi connectivity index (χ1n) is 7.02. The van der Waals surface area contributed by atoms with Gasteiger partial charge in [-0.15, -0.1) is 17.8 Å². The lowest BCUT2D eigenvalue weighted by molar-refractivity contribution is -0.418. The quantitative estimate of drug-likeness (QED) is 0.357. The summed E-state index contributed by atoms with van der Waals surface area (Å²) in [6.45, 7) is 10.1. The summed E-state index contributed by atoms with van der Waals surface area (Å²) in [5.41, 5.74) is 4.20. The highest BCUT2D eigenvalue weighted by Crippen LogP contribution is 2.26. The molecule has 0 N–H and O–H groups in total. The number of hydrogen-bond acceptors (Lipinski definition) is 1. The first-order valence-corrected chi connectivity index (χ1v) is 8.01. The Balaban J connectivity index is 2.60. The molecule has 1 rings (SSSR count). The van der Waals surface area contributed by atoms with Gasteiger partial charge >= 0.3 is 0 Å². The van der Waals surface area contributed by atoms with Crippen LogP contribution in [0.3, 0.4) is 0 Å². The fourth-order valence-corrected chi connectivity index (χ4v) is 3.14. The van der Waals surface area contributed by atoms with Crippen LogP contribution in [0.1, 0.15) is 39.5 Å². The molecule has 1 atom stereocenters. The molecule has 0 radical (unpaired) electrons. The molecule has 0 aromatic carbocycles. The van der Waals surface area contributed by atoms with E-state index in [0.29, 0.717) is 0 Å². The molecule has 0 aromatic heterocycles. The molecule has 0 fully saturated rings. The number of rotatable bonds is 8. The van der Waals surface area contributed by atoms with Crippen LogP contribution in [0.4, 0.5) is 0 Å². The number of allylic oxidation sites excluding steroid dienone is 3. The van der Waals surface area contributed by atoms with Crippen molar-refractivity contribution in [3.8, 4) is 0 Å². The monoisotopic (exact) mass is 276 g/mol. The van der Waals surface area contributed by atoms with Gasteiger partial charge in [-0.3, -0.25) is 11.0 Å². The summed E-state index contributed by atoms with van der Waals surface area (Å²) in [4.78, 5) is 1.15. The average molecular weight is 276 g/mol. The van der Waals surface area contributed by atoms with E-state index >= 15 is 0 Å². The average Bonchev–Trinajstić information content (AvgIpc) is 2.47. The van der Waals surface area contributed by atoms with Gasteiger partial charge in [0, 0.05) is 10.7 Å². The Labute approximate surface area is 121 Å². The molecule has 1 aliphatic carbocycles. The van der Waals surface area contributed by atoms with Crippen molar-refractivity contribution in [1.82, 2.24) is 0 Å². The molecular formula is C17H24OS. The Morgan fingerprint density at radius 2 is 2.26 bits per heavy atom. The van der Waals surface area contributed by atoms with E-state index < -0.39 is 0 Å². The van der Waals surface area contributed by atoms with Gasteiger partial charge in [0.1, 0.15) is 0 Å². The summed E-state index contributed by atoms with van der Waals surface area (Å²) in [6.07, 6.45) is 10.7. The largest absolute Gasteiger partial charge is 0.292 e. The fraction of sp³-hybridized carbons (Fsp3) is 0.529. The number of unbranched alkanes of at least 4 members (excludes halogenated alkanes) is 1. The second-order valence-electron chi connectivity index (χ2n) is 4.72. The minimum Gasteiger partial charge on any atom is -0.292 e. The minimum absolute atomic E-state index is 0.782. The van der Waals surface area contributed by atoms with E-state index in [1.54, 1.807) is 13.2 Å². The molecule has 0 aromatic rings. The molecule has 2 heteroatoms. The maximum absolute atomic E-state index is 5.61. The van der Waals surface area contributed by atoms with Crippen LogP contribution >= 0.6 is 11.8 Å². The van der Waals surface area contributed by atoms with Crippen LogP contribution in [0.15, 0.2) is 34.4 Å². The Hall–Kier alpha value is -0.980. The molecule has 0 heterocycles. The summed E-state index contributed by atoms with van der Waals surface area (Å²) in [5, 5.41) is 0. The van der Waals surface area contributed by atoms with Crippen molar-refractivity contribution in [3.05, 3.63) is 41.0 Å². The summed E-state index contributed by atoms with van der Waals surface area (Å²) in [5.74, 6) is 2.74. The molecule has 1 aliphatic rings. The second-order valence-corrected chi connectivity index (χ2v) is 5.78. The minimum atomic E-state index is 0.782. The van der Waals surface area contributed by atoms with Gasteiger partial charge in [-0.2, -0.15) is 0 Å². The van der Waals surface area contributed by atoms with Gasteiger partial charge < -0.3 is 0 Å². The second kappa shape index (κ2) is 9.01. The zero-order valence-electron chi connectivity index (χ0n) is 12.2. The number of ketones is 1. The Kier molecular flexibility index (Phi) is 7.62. The number of hydrogen-bond donors (Lipinski definition) is 0. The molecule has 1 nitrogen and oxygen atoms in total. The van der Waals surface area contributed by atoms with Crippen molar-refractivity contribution in [2.75, 3.05) is 12.9 Å². The highest BCUT2D eigenvalue weighted by atomic mass is 32.2. The molecule has 0 amide bonds. The normalized spacial score (nSPS) is 18.2. The zero-order chi connectivity index (χ0) is 14.1. The third kappa shape index (κ3) is 5.26. The number of thioether (sulfide) groups is 1. The Morgan fingerprint density at radius 1 is 1.47 bits per heavy atom. The van der Waals surface area contributed by atoms with Crippen molar-refractivity contribution in [2.24, 2.45) is 5.92 Å². The molecular weight excluding hydrogens is 252 g/mol. The summed E-state index contributed by atoms with van der Waals surface area (Å²) in [6, 6.07) is 0. The van der Waals surface area contributed by atoms with Crippen molar-refractivity contribution < 1.29 is 4.42 Å². The van der Waals surface area contributed by atoms with Gasteiger partial charge in [0.15, 0.2) is 0 Å². The van der Waals surface area contributed by atoms with Crippen LogP contribution in [-0.4, -0.2) is 18.6 Å². The third-order valence-electron chi connectivity index (χ3n) is 3.33. The fourth-order valence-electron chi connectivity index (χ4n) is 1.97. The number of carbonyl (C=O) groups excluding carboxylic acids is 1. The van der Waals surface area contributed by atoms with Gasteiger partial charge in [0.2, 0.25) is 0 Å². The SMILES string of the molecule is [CH-]=CC1=CC(SCC(CC)CCCC)=C=CC1=[O+]C. The van der Waals surface area contributed by atoms with Crippen LogP contribution in [0.2, 0.25) is 0 Å². The third-order valence-corrected chi connectivity index (χ3v) is 4.52. The molecule has 104 valence electrons. The van der Waals surface area contributed by atoms with Crippen molar-refractivity contribution in [3.63, 3.8) is 0 Å². The lowest BCUT2D eigenvalue weighted by Crippen LogP contribution is -2.04. The molecule has 0 bridgehead atoms. The van der Waals surface area contributed by atoms with E-state index in [1.807, 2.05) is 17.8 Å². The highest BCUT2D eigenvalue weighted by molar-refractivity contribution is 8.03. The topological polar surface area (TPSA) is 11.3 Å². The summed E-state index contributed by atoms with van der Waals surface area (Å²) < 4.78 is 5.24. The molecule has 19 heavy (non-hydrogen) atoms. The molecule has 0 spiro atoms. The Bertz CT molecular complexity index is 423. The van der Waals surface area contributed by atoms with Crippen LogP contribution in [0.5, 0.6) is 0 Å². The van der Waals surface area contributed by atoms with Crippen molar-refractivity contribution in [2.45, 2.75) is 39.5 Å². The van der Waals surface area contributed by atoms with Gasteiger partial charge in [-0.1, -0.05) is 44.4 Å². The Morgan fingerprint density at radius 3 is 2.84 bits per heavy atom. The summed E-state index contributed by atoms with van der Waals surface area (Å²) in [7, 11) is 1.65. The molecule has 0 aliphatic heterocycles. The predicted octanol–water partition coefficient (Wildman–Crippen LogP) is 4.64. The maximum Gasteiger partial charge on any atom is 0.282 e. The van der Waals surface area contributed by atoms with E-state index in [9.17, 15) is 0 Å². The lowest BCUT2D eigenvalue weighted by atomic mass is 10.0. The van der Waals surface area contributed by atoms with Crippen LogP contribution in [-0.2, 0) is 4.42 Å². The van der Waals surface area contributed by atoms with Crippen molar-refractivity contribution >= 4 is 17.5 Å². The van der Waals surface area contributed by atoms with E-state index in [2.05, 4.69) is 25.7 Å². The smallest absolute Gasteiger partial charge is 0.282 e. The van der Waals surface area contributed by atoms with Gasteiger partial charge in [-0.05, 0) is 12.3 Å². The van der Waals surface area contributed by atoms with E-state index in [1.165, 1.54) is 25.7 Å². The molecule has 1 unspecified atom stereocenters. The first-order chi connectivity index (χ1) is 9.24. The first kappa shape index (κ1) is 16.1. The highest BCUT2D eigenvalue weighted by Gasteiger charge is 2.11. The lowest BCUT2D eigenvalue weighted by Gasteiger charge is -2.15. The van der Waals surface area contributed by atoms with E-state index in [0.717, 1.165) is 27.9 Å². The van der Waals surface area contributed by atoms with Gasteiger partial charge in [0.25, 0.3) is 12.9 Å². The standard InChI is InChI=1S/C17H24OS/c1-5-8-9-14(6-2)13-19-16-10-11-17(18-4)15(7-3)12-16/h3,7,11-12,14H,5-6,8-9,13H2,1-2,4H3. The van der Waals surface area contributed by atoms with Crippen LogP contribution < -0.4 is 0 Å². The molecule has 0 saturated heterocycles. The molecule has 0 saturated carbocycles. The predicted molar refractivity (Wildman–Crippen MR) is 85.2 cm³/mol.